The first-order chi connectivity index (χ1) is 9.65. The molecule has 1 aliphatic rings. The van der Waals surface area contributed by atoms with E-state index in [-0.39, 0.29) is 0 Å². The molecule has 1 aliphatic carbocycles. The van der Waals surface area contributed by atoms with Crippen LogP contribution < -0.4 is 10.1 Å². The molecule has 0 unspecified atom stereocenters. The molecule has 0 spiro atoms. The van der Waals surface area contributed by atoms with Gasteiger partial charge in [-0.15, -0.1) is 0 Å². The average Bonchev–Trinajstić information content (AvgIpc) is 3.25. The van der Waals surface area contributed by atoms with Gasteiger partial charge in [0.25, 0.3) is 0 Å². The number of ether oxygens (including phenoxy) is 1. The summed E-state index contributed by atoms with van der Waals surface area (Å²) < 4.78 is 6.18. The smallest absolute Gasteiger partial charge is 0.135 e. The molecule has 4 nitrogen and oxygen atoms in total. The molecule has 1 fully saturated rings. The van der Waals surface area contributed by atoms with E-state index in [0.29, 0.717) is 16.9 Å². The van der Waals surface area contributed by atoms with Crippen LogP contribution in [0, 0.1) is 0 Å². The molecule has 20 heavy (non-hydrogen) atoms. The fourth-order valence-electron chi connectivity index (χ4n) is 1.91. The molecule has 0 saturated heterocycles. The van der Waals surface area contributed by atoms with Crippen molar-refractivity contribution in [2.45, 2.75) is 18.8 Å². The molecule has 1 heterocycles. The van der Waals surface area contributed by atoms with Gasteiger partial charge in [-0.2, -0.15) is 0 Å². The first-order valence-electron chi connectivity index (χ1n) is 6.31. The summed E-state index contributed by atoms with van der Waals surface area (Å²) in [7, 11) is 1.64. The summed E-state index contributed by atoms with van der Waals surface area (Å²) in [5.41, 5.74) is 0.890. The normalized spacial score (nSPS) is 14.2. The van der Waals surface area contributed by atoms with Gasteiger partial charge in [0, 0.05) is 23.7 Å². The van der Waals surface area contributed by atoms with Crippen molar-refractivity contribution >= 4 is 39.0 Å². The zero-order valence-corrected chi connectivity index (χ0v) is 13.2. The second kappa shape index (κ2) is 5.58. The predicted octanol–water partition coefficient (Wildman–Crippen LogP) is 4.52. The van der Waals surface area contributed by atoms with E-state index in [1.165, 1.54) is 0 Å². The molecule has 104 valence electrons. The molecule has 0 atom stereocenters. The third-order valence-electron chi connectivity index (χ3n) is 3.08. The van der Waals surface area contributed by atoms with Crippen LogP contribution in [0.25, 0.3) is 0 Å². The Kier molecular flexibility index (Phi) is 3.81. The summed E-state index contributed by atoms with van der Waals surface area (Å²) >= 11 is 9.48. The molecular formula is C14H13BrClN3O. The molecule has 1 N–H and O–H groups in total. The lowest BCUT2D eigenvalue weighted by molar-refractivity contribution is 0.412. The standard InChI is InChI=1S/C14H13BrClN3O/c1-20-11-6-9(4-5-10(11)15)17-13-7-12(16)18-14(19-13)8-2-3-8/h4-8H,2-3H2,1H3,(H,17,18,19). The summed E-state index contributed by atoms with van der Waals surface area (Å²) in [4.78, 5) is 8.78. The van der Waals surface area contributed by atoms with Crippen LogP contribution >= 0.6 is 27.5 Å². The monoisotopic (exact) mass is 353 g/mol. The fourth-order valence-corrected chi connectivity index (χ4v) is 2.51. The van der Waals surface area contributed by atoms with Crippen LogP contribution in [0.5, 0.6) is 5.75 Å². The van der Waals surface area contributed by atoms with E-state index in [4.69, 9.17) is 16.3 Å². The Bertz CT molecular complexity index is 646. The first-order valence-corrected chi connectivity index (χ1v) is 7.48. The highest BCUT2D eigenvalue weighted by molar-refractivity contribution is 9.10. The maximum Gasteiger partial charge on any atom is 0.135 e. The van der Waals surface area contributed by atoms with Gasteiger partial charge in [0.05, 0.1) is 11.6 Å². The number of aromatic nitrogens is 2. The molecule has 0 bridgehead atoms. The number of nitrogens with zero attached hydrogens (tertiary/aromatic N) is 2. The second-order valence-corrected chi connectivity index (χ2v) is 5.92. The molecule has 2 aromatic rings. The molecule has 1 saturated carbocycles. The van der Waals surface area contributed by atoms with Crippen molar-refractivity contribution in [2.75, 3.05) is 12.4 Å². The first kappa shape index (κ1) is 13.6. The molecule has 0 radical (unpaired) electrons. The summed E-state index contributed by atoms with van der Waals surface area (Å²) in [6, 6.07) is 7.49. The summed E-state index contributed by atoms with van der Waals surface area (Å²) in [6.45, 7) is 0. The van der Waals surface area contributed by atoms with E-state index in [1.807, 2.05) is 18.2 Å². The molecule has 6 heteroatoms. The summed E-state index contributed by atoms with van der Waals surface area (Å²) in [5, 5.41) is 3.70. The minimum atomic E-state index is 0.466. The van der Waals surface area contributed by atoms with Gasteiger partial charge in [0.2, 0.25) is 0 Å². The lowest BCUT2D eigenvalue weighted by atomic mass is 10.3. The van der Waals surface area contributed by atoms with E-state index in [1.54, 1.807) is 13.2 Å². The highest BCUT2D eigenvalue weighted by Gasteiger charge is 2.27. The molecular weight excluding hydrogens is 342 g/mol. The highest BCUT2D eigenvalue weighted by atomic mass is 79.9. The predicted molar refractivity (Wildman–Crippen MR) is 83.0 cm³/mol. The van der Waals surface area contributed by atoms with E-state index in [9.17, 15) is 0 Å². The van der Waals surface area contributed by atoms with Crippen molar-refractivity contribution in [2.24, 2.45) is 0 Å². The molecule has 1 aromatic carbocycles. The van der Waals surface area contributed by atoms with Gasteiger partial charge in [-0.1, -0.05) is 11.6 Å². The number of nitrogens with one attached hydrogen (secondary N) is 1. The van der Waals surface area contributed by atoms with Crippen molar-refractivity contribution in [3.8, 4) is 5.75 Å². The van der Waals surface area contributed by atoms with E-state index < -0.39 is 0 Å². The number of benzene rings is 1. The lowest BCUT2D eigenvalue weighted by Gasteiger charge is -2.10. The van der Waals surface area contributed by atoms with Crippen molar-refractivity contribution in [1.29, 1.82) is 0 Å². The van der Waals surface area contributed by atoms with Gasteiger partial charge in [-0.3, -0.25) is 0 Å². The SMILES string of the molecule is COc1cc(Nc2cc(Cl)nc(C3CC3)n2)ccc1Br. The van der Waals surface area contributed by atoms with Crippen LogP contribution in [0.2, 0.25) is 5.15 Å². The van der Waals surface area contributed by atoms with E-state index in [2.05, 4.69) is 31.2 Å². The quantitative estimate of drug-likeness (QED) is 0.820. The van der Waals surface area contributed by atoms with Gasteiger partial charge in [-0.25, -0.2) is 9.97 Å². The number of rotatable bonds is 4. The van der Waals surface area contributed by atoms with Crippen LogP contribution in [0.3, 0.4) is 0 Å². The Morgan fingerprint density at radius 1 is 1.30 bits per heavy atom. The Balaban J connectivity index is 1.87. The maximum atomic E-state index is 6.05. The topological polar surface area (TPSA) is 47.0 Å². The number of hydrogen-bond acceptors (Lipinski definition) is 4. The van der Waals surface area contributed by atoms with E-state index >= 15 is 0 Å². The third-order valence-corrected chi connectivity index (χ3v) is 3.93. The summed E-state index contributed by atoms with van der Waals surface area (Å²) in [6.07, 6.45) is 2.29. The Morgan fingerprint density at radius 3 is 2.80 bits per heavy atom. The van der Waals surface area contributed by atoms with Gasteiger partial charge in [0.1, 0.15) is 22.5 Å². The Hall–Kier alpha value is -1.33. The van der Waals surface area contributed by atoms with Gasteiger partial charge in [-0.05, 0) is 40.9 Å². The second-order valence-electron chi connectivity index (χ2n) is 4.68. The zero-order chi connectivity index (χ0) is 14.1. The fraction of sp³-hybridized carbons (Fsp3) is 0.286. The lowest BCUT2D eigenvalue weighted by Crippen LogP contribution is -1.99. The van der Waals surface area contributed by atoms with Gasteiger partial charge >= 0.3 is 0 Å². The van der Waals surface area contributed by atoms with Crippen LogP contribution in [0.1, 0.15) is 24.6 Å². The number of anilines is 2. The third kappa shape index (κ3) is 3.04. The van der Waals surface area contributed by atoms with E-state index in [0.717, 1.165) is 34.6 Å². The van der Waals surface area contributed by atoms with Crippen LogP contribution in [-0.4, -0.2) is 17.1 Å². The molecule has 3 rings (SSSR count). The van der Waals surface area contributed by atoms with Gasteiger partial charge < -0.3 is 10.1 Å². The van der Waals surface area contributed by atoms with Crippen LogP contribution in [0.4, 0.5) is 11.5 Å². The van der Waals surface area contributed by atoms with Gasteiger partial charge in [0.15, 0.2) is 0 Å². The summed E-state index contributed by atoms with van der Waals surface area (Å²) in [5.74, 6) is 2.76. The van der Waals surface area contributed by atoms with Crippen LogP contribution in [0.15, 0.2) is 28.7 Å². The van der Waals surface area contributed by atoms with Crippen LogP contribution in [-0.2, 0) is 0 Å². The van der Waals surface area contributed by atoms with Crippen molar-refractivity contribution in [3.63, 3.8) is 0 Å². The highest BCUT2D eigenvalue weighted by Crippen LogP contribution is 2.39. The maximum absolute atomic E-state index is 6.05. The molecule has 1 aromatic heterocycles. The molecule has 0 aliphatic heterocycles. The zero-order valence-electron chi connectivity index (χ0n) is 10.9. The molecule has 0 amide bonds. The minimum Gasteiger partial charge on any atom is -0.495 e. The Morgan fingerprint density at radius 2 is 2.10 bits per heavy atom. The number of halogens is 2. The average molecular weight is 355 g/mol. The van der Waals surface area contributed by atoms with Crippen molar-refractivity contribution in [1.82, 2.24) is 9.97 Å². The largest absolute Gasteiger partial charge is 0.495 e. The number of hydrogen-bond donors (Lipinski definition) is 1. The number of methoxy groups -OCH3 is 1. The Labute approximate surface area is 130 Å². The van der Waals surface area contributed by atoms with Crippen molar-refractivity contribution < 1.29 is 4.74 Å². The van der Waals surface area contributed by atoms with Crippen molar-refractivity contribution in [3.05, 3.63) is 39.7 Å². The minimum absolute atomic E-state index is 0.466.